The zero-order valence-corrected chi connectivity index (χ0v) is 25.9. The zero-order valence-electron chi connectivity index (χ0n) is 25.9. The Labute approximate surface area is 251 Å². The summed E-state index contributed by atoms with van der Waals surface area (Å²) in [5, 5.41) is 10.2. The average molecular weight is 567 g/mol. The number of aryl methyl sites for hydroxylation is 1. The molecule has 0 spiro atoms. The Morgan fingerprint density at radius 2 is 1.29 bits per heavy atom. The van der Waals surface area contributed by atoms with Crippen LogP contribution in [0.1, 0.15) is 27.7 Å². The number of hydrogen-bond donors (Lipinski definition) is 1. The van der Waals surface area contributed by atoms with Gasteiger partial charge < -0.3 is 19.5 Å². The van der Waals surface area contributed by atoms with Crippen molar-refractivity contribution >= 4 is 22.4 Å². The normalized spacial score (nSPS) is 17.5. The van der Waals surface area contributed by atoms with Gasteiger partial charge >= 0.3 is 0 Å². The fraction of sp³-hybridized carbons (Fsp3) is 0.457. The highest BCUT2D eigenvalue weighted by atomic mass is 16.3. The molecule has 42 heavy (non-hydrogen) atoms. The van der Waals surface area contributed by atoms with Crippen molar-refractivity contribution in [2.75, 3.05) is 68.7 Å². The molecule has 0 aliphatic carbocycles. The highest BCUT2D eigenvalue weighted by Gasteiger charge is 2.23. The molecule has 7 heteroatoms. The average Bonchev–Trinajstić information content (AvgIpc) is 3.37. The smallest absolute Gasteiger partial charge is 0.0963 e. The third-order valence-electron chi connectivity index (χ3n) is 8.97. The fourth-order valence-corrected chi connectivity index (χ4v) is 6.54. The monoisotopic (exact) mass is 566 g/mol. The molecular formula is C35H46N6O. The molecule has 2 aliphatic heterocycles. The molecule has 0 radical (unpaired) electrons. The van der Waals surface area contributed by atoms with Crippen LogP contribution in [0.25, 0.3) is 33.3 Å². The van der Waals surface area contributed by atoms with Gasteiger partial charge in [0.05, 0.1) is 23.0 Å². The topological polar surface area (TPSA) is 51.0 Å². The summed E-state index contributed by atoms with van der Waals surface area (Å²) in [6.45, 7) is 17.3. The van der Waals surface area contributed by atoms with Gasteiger partial charge in [0, 0.05) is 88.9 Å². The summed E-state index contributed by atoms with van der Waals surface area (Å²) < 4.78 is 2.12. The van der Waals surface area contributed by atoms with Crippen molar-refractivity contribution in [1.29, 1.82) is 0 Å². The zero-order chi connectivity index (χ0) is 29.4. The Balaban J connectivity index is 1.21. The van der Waals surface area contributed by atoms with Gasteiger partial charge in [0.25, 0.3) is 0 Å². The Hall–Kier alpha value is -3.39. The van der Waals surface area contributed by atoms with Crippen LogP contribution in [0.3, 0.4) is 0 Å². The lowest BCUT2D eigenvalue weighted by molar-refractivity contribution is 0.0345. The van der Waals surface area contributed by atoms with Crippen LogP contribution in [0.2, 0.25) is 0 Å². The summed E-state index contributed by atoms with van der Waals surface area (Å²) in [5.41, 5.74) is 8.87. The predicted molar refractivity (Wildman–Crippen MR) is 175 cm³/mol. The van der Waals surface area contributed by atoms with Crippen molar-refractivity contribution in [3.63, 3.8) is 0 Å². The van der Waals surface area contributed by atoms with Crippen LogP contribution < -0.4 is 9.80 Å². The lowest BCUT2D eigenvalue weighted by atomic mass is 9.97. The summed E-state index contributed by atoms with van der Waals surface area (Å²) in [6, 6.07) is 23.3. The number of anilines is 2. The molecule has 0 bridgehead atoms. The van der Waals surface area contributed by atoms with Gasteiger partial charge in [0.15, 0.2) is 0 Å². The summed E-state index contributed by atoms with van der Waals surface area (Å²) >= 11 is 0. The Morgan fingerprint density at radius 1 is 0.738 bits per heavy atom. The molecule has 2 saturated heterocycles. The number of hydrogen-bond acceptors (Lipinski definition) is 6. The molecule has 0 amide bonds. The van der Waals surface area contributed by atoms with Crippen LogP contribution in [-0.4, -0.2) is 95.0 Å². The van der Waals surface area contributed by atoms with Crippen LogP contribution in [-0.2, 0) is 7.05 Å². The van der Waals surface area contributed by atoms with Gasteiger partial charge in [-0.1, -0.05) is 24.3 Å². The van der Waals surface area contributed by atoms with Crippen molar-refractivity contribution in [3.05, 3.63) is 67.0 Å². The number of aliphatic hydroxyl groups is 1. The van der Waals surface area contributed by atoms with E-state index in [9.17, 15) is 5.11 Å². The highest BCUT2D eigenvalue weighted by molar-refractivity contribution is 5.96. The van der Waals surface area contributed by atoms with E-state index in [0.29, 0.717) is 12.6 Å². The van der Waals surface area contributed by atoms with Crippen LogP contribution >= 0.6 is 0 Å². The van der Waals surface area contributed by atoms with Gasteiger partial charge in [-0.15, -0.1) is 0 Å². The van der Waals surface area contributed by atoms with Crippen molar-refractivity contribution in [1.82, 2.24) is 19.4 Å². The summed E-state index contributed by atoms with van der Waals surface area (Å²) in [5.74, 6) is 0. The second kappa shape index (κ2) is 11.7. The largest absolute Gasteiger partial charge is 0.389 e. The van der Waals surface area contributed by atoms with E-state index < -0.39 is 5.60 Å². The molecule has 7 nitrogen and oxygen atoms in total. The maximum atomic E-state index is 10.2. The van der Waals surface area contributed by atoms with Gasteiger partial charge in [-0.25, -0.2) is 4.98 Å². The van der Waals surface area contributed by atoms with E-state index in [1.54, 1.807) is 0 Å². The minimum atomic E-state index is -0.652. The molecule has 4 aromatic rings. The van der Waals surface area contributed by atoms with E-state index in [4.69, 9.17) is 4.98 Å². The first-order valence-electron chi connectivity index (χ1n) is 15.5. The van der Waals surface area contributed by atoms with Crippen LogP contribution in [0.5, 0.6) is 0 Å². The van der Waals surface area contributed by atoms with Crippen molar-refractivity contribution in [3.8, 4) is 22.3 Å². The second-order valence-electron chi connectivity index (χ2n) is 13.0. The van der Waals surface area contributed by atoms with E-state index >= 15 is 0 Å². The Bertz CT molecular complexity index is 1490. The molecule has 3 aromatic carbocycles. The van der Waals surface area contributed by atoms with Crippen LogP contribution in [0.15, 0.2) is 67.0 Å². The molecule has 2 aliphatic rings. The third-order valence-corrected chi connectivity index (χ3v) is 8.97. The first kappa shape index (κ1) is 28.7. The Morgan fingerprint density at radius 3 is 1.83 bits per heavy atom. The fourth-order valence-electron chi connectivity index (χ4n) is 6.54. The Kier molecular flexibility index (Phi) is 8.01. The molecule has 3 heterocycles. The number of nitrogens with zero attached hydrogens (tertiary/aromatic N) is 6. The van der Waals surface area contributed by atoms with E-state index in [0.717, 1.165) is 63.4 Å². The van der Waals surface area contributed by atoms with Gasteiger partial charge in [-0.05, 0) is 80.8 Å². The van der Waals surface area contributed by atoms with E-state index in [-0.39, 0.29) is 0 Å². The first-order valence-corrected chi connectivity index (χ1v) is 15.5. The number of piperazine rings is 2. The van der Waals surface area contributed by atoms with Crippen molar-refractivity contribution < 1.29 is 5.11 Å². The summed E-state index contributed by atoms with van der Waals surface area (Å²) in [4.78, 5) is 14.7. The van der Waals surface area contributed by atoms with Gasteiger partial charge in [-0.2, -0.15) is 0 Å². The highest BCUT2D eigenvalue weighted by Crippen LogP contribution is 2.35. The molecule has 1 aromatic heterocycles. The van der Waals surface area contributed by atoms with Crippen molar-refractivity contribution in [2.24, 2.45) is 7.05 Å². The number of imidazole rings is 1. The van der Waals surface area contributed by atoms with Gasteiger partial charge in [-0.3, -0.25) is 9.80 Å². The number of aromatic nitrogens is 2. The summed E-state index contributed by atoms with van der Waals surface area (Å²) in [7, 11) is 2.07. The molecule has 0 atom stereocenters. The SMILES string of the molecule is CC(C)N1CCN(c2ccc(-c3cc(-c4ccc(N5CCN(CC(C)(C)O)CC5)cc4)c4ncn(C)c4c3)cc2)CC1. The number of benzene rings is 3. The quantitative estimate of drug-likeness (QED) is 0.326. The lowest BCUT2D eigenvalue weighted by Gasteiger charge is -2.38. The molecule has 2 fully saturated rings. The molecule has 222 valence electrons. The third kappa shape index (κ3) is 6.19. The molecule has 0 unspecified atom stereocenters. The number of rotatable bonds is 7. The maximum absolute atomic E-state index is 10.2. The van der Waals surface area contributed by atoms with Crippen LogP contribution in [0.4, 0.5) is 11.4 Å². The first-order chi connectivity index (χ1) is 20.1. The summed E-state index contributed by atoms with van der Waals surface area (Å²) in [6.07, 6.45) is 1.92. The molecule has 6 rings (SSSR count). The molecular weight excluding hydrogens is 520 g/mol. The molecule has 1 N–H and O–H groups in total. The van der Waals surface area contributed by atoms with Gasteiger partial charge in [0.2, 0.25) is 0 Å². The maximum Gasteiger partial charge on any atom is 0.0963 e. The second-order valence-corrected chi connectivity index (χ2v) is 13.0. The standard InChI is InChI=1S/C35H46N6O/c1-26(2)39-18-20-41(21-19-39)30-10-6-27(7-11-30)29-22-32(34-33(23-29)37(5)25-36-34)28-8-12-31(13-9-28)40-16-14-38(15-17-40)24-35(3,4)42/h6-13,22-23,25-26,42H,14-21,24H2,1-5H3. The van der Waals surface area contributed by atoms with Crippen LogP contribution in [0, 0.1) is 0 Å². The minimum absolute atomic E-state index is 0.614. The van der Waals surface area contributed by atoms with E-state index in [2.05, 4.69) is 106 Å². The van der Waals surface area contributed by atoms with E-state index in [1.165, 1.54) is 33.6 Å². The lowest BCUT2D eigenvalue weighted by Crippen LogP contribution is -2.50. The predicted octanol–water partition coefficient (Wildman–Crippen LogP) is 5.33. The van der Waals surface area contributed by atoms with E-state index in [1.807, 2.05) is 20.2 Å². The van der Waals surface area contributed by atoms with Gasteiger partial charge in [0.1, 0.15) is 0 Å². The van der Waals surface area contributed by atoms with Crippen molar-refractivity contribution in [2.45, 2.75) is 39.3 Å². The number of fused-ring (bicyclic) bond motifs is 1. The minimum Gasteiger partial charge on any atom is -0.389 e. The number of β-amino-alcohol motifs (C(OH)–C–C–N with tert-alkyl or cyclic N) is 1. The molecule has 0 saturated carbocycles.